The van der Waals surface area contributed by atoms with E-state index in [2.05, 4.69) is 10.2 Å². The fourth-order valence-electron chi connectivity index (χ4n) is 1.37. The number of ether oxygens (including phenoxy) is 3. The van der Waals surface area contributed by atoms with E-state index in [1.165, 1.54) is 0 Å². The van der Waals surface area contributed by atoms with E-state index in [0.29, 0.717) is 23.1 Å². The first-order valence-electron chi connectivity index (χ1n) is 5.12. The van der Waals surface area contributed by atoms with Gasteiger partial charge in [-0.1, -0.05) is 0 Å². The molecule has 0 aliphatic heterocycles. The van der Waals surface area contributed by atoms with Crippen LogP contribution in [0, 0.1) is 4.84 Å². The smallest absolute Gasteiger partial charge is 0.284 e. The lowest BCUT2D eigenvalue weighted by Gasteiger charge is -2.09. The predicted molar refractivity (Wildman–Crippen MR) is 65.6 cm³/mol. The SMILES string of the molecule is COc1ccc(OCc2n[nH]c(=S)o2)cc1OC. The van der Waals surface area contributed by atoms with E-state index in [0.717, 1.165) is 0 Å². The number of aromatic amines is 1. The summed E-state index contributed by atoms with van der Waals surface area (Å²) in [5.41, 5.74) is 0. The number of hydrogen-bond acceptors (Lipinski definition) is 6. The van der Waals surface area contributed by atoms with Gasteiger partial charge >= 0.3 is 0 Å². The van der Waals surface area contributed by atoms with Crippen LogP contribution in [0.15, 0.2) is 22.6 Å². The number of rotatable bonds is 5. The molecule has 2 rings (SSSR count). The molecule has 1 aromatic carbocycles. The van der Waals surface area contributed by atoms with Gasteiger partial charge in [0, 0.05) is 6.07 Å². The lowest BCUT2D eigenvalue weighted by molar-refractivity contribution is 0.259. The highest BCUT2D eigenvalue weighted by molar-refractivity contribution is 7.71. The summed E-state index contributed by atoms with van der Waals surface area (Å²) in [6, 6.07) is 5.25. The van der Waals surface area contributed by atoms with Gasteiger partial charge in [-0.3, -0.25) is 0 Å². The van der Waals surface area contributed by atoms with Crippen LogP contribution in [0.4, 0.5) is 0 Å². The molecule has 6 nitrogen and oxygen atoms in total. The van der Waals surface area contributed by atoms with E-state index in [-0.39, 0.29) is 11.4 Å². The second-order valence-corrected chi connectivity index (χ2v) is 3.68. The van der Waals surface area contributed by atoms with Crippen LogP contribution >= 0.6 is 12.2 Å². The molecule has 1 heterocycles. The topological polar surface area (TPSA) is 69.5 Å². The molecule has 0 saturated carbocycles. The lowest BCUT2D eigenvalue weighted by Crippen LogP contribution is -1.97. The maximum Gasteiger partial charge on any atom is 0.284 e. The van der Waals surface area contributed by atoms with Gasteiger partial charge in [-0.2, -0.15) is 0 Å². The first-order valence-corrected chi connectivity index (χ1v) is 5.53. The van der Waals surface area contributed by atoms with E-state index in [1.54, 1.807) is 32.4 Å². The van der Waals surface area contributed by atoms with Crippen LogP contribution in [0.5, 0.6) is 17.2 Å². The summed E-state index contributed by atoms with van der Waals surface area (Å²) in [4.78, 5) is 0.223. The normalized spacial score (nSPS) is 10.1. The zero-order chi connectivity index (χ0) is 13.0. The lowest BCUT2D eigenvalue weighted by atomic mass is 10.3. The van der Waals surface area contributed by atoms with Crippen LogP contribution in [0.2, 0.25) is 0 Å². The number of aromatic nitrogens is 2. The molecule has 7 heteroatoms. The van der Waals surface area contributed by atoms with Gasteiger partial charge in [0.25, 0.3) is 10.7 Å². The van der Waals surface area contributed by atoms with Gasteiger partial charge in [0.15, 0.2) is 18.1 Å². The fourth-order valence-corrected chi connectivity index (χ4v) is 1.52. The average Bonchev–Trinajstić information content (AvgIpc) is 2.81. The zero-order valence-corrected chi connectivity index (χ0v) is 10.7. The van der Waals surface area contributed by atoms with Crippen molar-refractivity contribution in [2.45, 2.75) is 6.61 Å². The van der Waals surface area contributed by atoms with Crippen molar-refractivity contribution in [1.82, 2.24) is 10.2 Å². The Morgan fingerprint density at radius 3 is 2.67 bits per heavy atom. The molecule has 0 bridgehead atoms. The molecule has 0 aliphatic rings. The molecular formula is C11H12N2O4S. The van der Waals surface area contributed by atoms with E-state index >= 15 is 0 Å². The standard InChI is InChI=1S/C11H12N2O4S/c1-14-8-4-3-7(5-9(8)15-2)16-6-10-12-13-11(18)17-10/h3-5H,6H2,1-2H3,(H,13,18). The highest BCUT2D eigenvalue weighted by atomic mass is 32.1. The summed E-state index contributed by atoms with van der Waals surface area (Å²) in [5, 5.41) is 6.35. The van der Waals surface area contributed by atoms with Crippen LogP contribution in [-0.4, -0.2) is 24.4 Å². The Bertz CT molecular complexity index is 578. The summed E-state index contributed by atoms with van der Waals surface area (Å²) >= 11 is 4.76. The van der Waals surface area contributed by atoms with Crippen molar-refractivity contribution in [3.63, 3.8) is 0 Å². The molecule has 0 fully saturated rings. The monoisotopic (exact) mass is 268 g/mol. The molecule has 0 atom stereocenters. The van der Waals surface area contributed by atoms with Crippen molar-refractivity contribution in [3.8, 4) is 17.2 Å². The van der Waals surface area contributed by atoms with E-state index in [9.17, 15) is 0 Å². The van der Waals surface area contributed by atoms with Crippen LogP contribution in [-0.2, 0) is 6.61 Å². The molecule has 1 N–H and O–H groups in total. The third-order valence-electron chi connectivity index (χ3n) is 2.20. The Morgan fingerprint density at radius 2 is 2.06 bits per heavy atom. The fraction of sp³-hybridized carbons (Fsp3) is 0.273. The highest BCUT2D eigenvalue weighted by Crippen LogP contribution is 2.31. The Morgan fingerprint density at radius 1 is 1.28 bits per heavy atom. The summed E-state index contributed by atoms with van der Waals surface area (Å²) in [6.45, 7) is 0.183. The van der Waals surface area contributed by atoms with Gasteiger partial charge in [-0.15, -0.1) is 5.10 Å². The number of hydrogen-bond donors (Lipinski definition) is 1. The highest BCUT2D eigenvalue weighted by Gasteiger charge is 2.06. The van der Waals surface area contributed by atoms with Crippen molar-refractivity contribution in [1.29, 1.82) is 0 Å². The summed E-state index contributed by atoms with van der Waals surface area (Å²) < 4.78 is 20.9. The van der Waals surface area contributed by atoms with E-state index < -0.39 is 0 Å². The molecule has 96 valence electrons. The second kappa shape index (κ2) is 5.54. The van der Waals surface area contributed by atoms with Gasteiger partial charge in [-0.05, 0) is 24.4 Å². The van der Waals surface area contributed by atoms with Gasteiger partial charge in [0.05, 0.1) is 14.2 Å². The van der Waals surface area contributed by atoms with Gasteiger partial charge in [0.1, 0.15) is 5.75 Å². The van der Waals surface area contributed by atoms with Crippen molar-refractivity contribution in [2.24, 2.45) is 0 Å². The molecule has 0 radical (unpaired) electrons. The Kier molecular flexibility index (Phi) is 3.83. The molecule has 1 aromatic heterocycles. The van der Waals surface area contributed by atoms with Gasteiger partial charge in [-0.25, -0.2) is 5.10 Å². The molecule has 2 aromatic rings. The van der Waals surface area contributed by atoms with Crippen LogP contribution in [0.25, 0.3) is 0 Å². The number of H-pyrrole nitrogens is 1. The van der Waals surface area contributed by atoms with Crippen LogP contribution in [0.1, 0.15) is 5.89 Å². The summed E-state index contributed by atoms with van der Waals surface area (Å²) in [6.07, 6.45) is 0. The van der Waals surface area contributed by atoms with E-state index in [4.69, 9.17) is 30.8 Å². The largest absolute Gasteiger partial charge is 0.493 e. The van der Waals surface area contributed by atoms with Crippen LogP contribution < -0.4 is 14.2 Å². The van der Waals surface area contributed by atoms with E-state index in [1.807, 2.05) is 0 Å². The first-order chi connectivity index (χ1) is 8.72. The van der Waals surface area contributed by atoms with Crippen molar-refractivity contribution < 1.29 is 18.6 Å². The van der Waals surface area contributed by atoms with Gasteiger partial charge in [0.2, 0.25) is 0 Å². The summed E-state index contributed by atoms with van der Waals surface area (Å²) in [7, 11) is 3.14. The minimum Gasteiger partial charge on any atom is -0.493 e. The molecular weight excluding hydrogens is 256 g/mol. The Hall–Kier alpha value is -2.02. The first kappa shape index (κ1) is 12.4. The maximum absolute atomic E-state index is 5.49. The third-order valence-corrected chi connectivity index (χ3v) is 2.37. The maximum atomic E-state index is 5.49. The number of nitrogens with zero attached hydrogens (tertiary/aromatic N) is 1. The molecule has 0 saturated heterocycles. The zero-order valence-electron chi connectivity index (χ0n) is 9.93. The molecule has 0 amide bonds. The van der Waals surface area contributed by atoms with Crippen molar-refractivity contribution in [2.75, 3.05) is 14.2 Å². The minimum absolute atomic E-state index is 0.183. The second-order valence-electron chi connectivity index (χ2n) is 3.31. The number of methoxy groups -OCH3 is 2. The molecule has 0 unspecified atom stereocenters. The third kappa shape index (κ3) is 2.80. The number of benzene rings is 1. The Balaban J connectivity index is 2.07. The molecule has 0 spiro atoms. The molecule has 0 aliphatic carbocycles. The minimum atomic E-state index is 0.183. The van der Waals surface area contributed by atoms with Crippen molar-refractivity contribution >= 4 is 12.2 Å². The average molecular weight is 268 g/mol. The van der Waals surface area contributed by atoms with Crippen LogP contribution in [0.3, 0.4) is 0 Å². The van der Waals surface area contributed by atoms with Gasteiger partial charge < -0.3 is 18.6 Å². The summed E-state index contributed by atoms with van der Waals surface area (Å²) in [5.74, 6) is 2.24. The molecule has 18 heavy (non-hydrogen) atoms. The van der Waals surface area contributed by atoms with Crippen molar-refractivity contribution in [3.05, 3.63) is 28.9 Å². The quantitative estimate of drug-likeness (QED) is 0.839. The number of nitrogens with one attached hydrogen (secondary N) is 1. The predicted octanol–water partition coefficient (Wildman–Crippen LogP) is 2.33. The Labute approximate surface area is 108 Å².